The molecule has 6 aromatic heterocycles. The highest BCUT2D eigenvalue weighted by Gasteiger charge is 2.53. The third-order valence-electron chi connectivity index (χ3n) is 21.6. The molecule has 8 heterocycles. The molecule has 0 spiro atoms. The van der Waals surface area contributed by atoms with Crippen molar-refractivity contribution in [2.75, 3.05) is 22.9 Å². The lowest BCUT2D eigenvalue weighted by molar-refractivity contribution is 0.00578. The van der Waals surface area contributed by atoms with E-state index < -0.39 is 0 Å². The van der Waals surface area contributed by atoms with Crippen LogP contribution >= 0.6 is 255 Å². The van der Waals surface area contributed by atoms with Crippen molar-refractivity contribution in [1.82, 2.24) is 29.9 Å². The first-order chi connectivity index (χ1) is 66.5. The second kappa shape index (κ2) is 49.7. The zero-order chi connectivity index (χ0) is 101. The molecular formula is C102H88B2Br4I4N10O10S8. The van der Waals surface area contributed by atoms with Gasteiger partial charge in [-0.2, -0.15) is 0 Å². The maximum absolute atomic E-state index is 5.97. The molecule has 716 valence electrons. The Morgan fingerprint density at radius 3 is 0.707 bits per heavy atom. The van der Waals surface area contributed by atoms with Crippen molar-refractivity contribution in [2.45, 2.75) is 117 Å². The van der Waals surface area contributed by atoms with Crippen molar-refractivity contribution >= 4 is 370 Å². The van der Waals surface area contributed by atoms with Crippen molar-refractivity contribution in [1.29, 1.82) is 0 Å². The second-order valence-corrected chi connectivity index (χ2v) is 44.3. The number of oxazole rings is 6. The van der Waals surface area contributed by atoms with Crippen LogP contribution in [0.5, 0.6) is 0 Å². The molecule has 2 saturated heterocycles. The van der Waals surface area contributed by atoms with Gasteiger partial charge < -0.3 is 68.1 Å². The van der Waals surface area contributed by atoms with E-state index in [-0.39, 0.29) is 36.6 Å². The van der Waals surface area contributed by atoms with Crippen molar-refractivity contribution in [2.24, 2.45) is 0 Å². The molecule has 2 fully saturated rings. The molecule has 20 nitrogen and oxygen atoms in total. The van der Waals surface area contributed by atoms with Crippen LogP contribution in [-0.2, 0) is 18.6 Å². The van der Waals surface area contributed by atoms with Gasteiger partial charge in [-0.05, 0) is 381 Å². The van der Waals surface area contributed by atoms with Crippen molar-refractivity contribution in [3.8, 4) is 45.8 Å². The highest BCUT2D eigenvalue weighted by Crippen LogP contribution is 2.41. The molecule has 0 saturated carbocycles. The number of aromatic nitrogens is 6. The lowest BCUT2D eigenvalue weighted by atomic mass is 9.79. The number of anilines is 4. The third-order valence-corrected chi connectivity index (χ3v) is 30.9. The second-order valence-electron chi connectivity index (χ2n) is 32.7. The van der Waals surface area contributed by atoms with Crippen molar-refractivity contribution < 1.29 is 45.1 Å². The van der Waals surface area contributed by atoms with Gasteiger partial charge in [-0.1, -0.05) is 84.9 Å². The molecule has 38 heteroatoms. The lowest BCUT2D eigenvalue weighted by Crippen LogP contribution is -2.41. The summed E-state index contributed by atoms with van der Waals surface area (Å²) >= 11 is 56.5. The van der Waals surface area contributed by atoms with Crippen LogP contribution < -0.4 is 33.9 Å². The molecule has 2 aliphatic heterocycles. The molecule has 20 aromatic rings. The highest BCUT2D eigenvalue weighted by atomic mass is 127. The number of thiol groups is 8. The Morgan fingerprint density at radius 2 is 0.450 bits per heavy atom. The van der Waals surface area contributed by atoms with Gasteiger partial charge in [-0.15, -0.1) is 101 Å². The third kappa shape index (κ3) is 29.6. The number of hydrogen-bond donors (Lipinski definition) is 12. The predicted molar refractivity (Wildman–Crippen MR) is 640 cm³/mol. The molecule has 2 aliphatic rings. The number of nitrogens with zero attached hydrogens (tertiary/aromatic N) is 6. The van der Waals surface area contributed by atoms with Crippen LogP contribution in [0.2, 0.25) is 0 Å². The Morgan fingerprint density at radius 1 is 0.243 bits per heavy atom. The number of nitrogen functional groups attached to an aromatic ring is 4. The predicted octanol–water partition coefficient (Wildman–Crippen LogP) is 31.1. The number of nitrogens with two attached hydrogens (primary N) is 4. The molecule has 0 aliphatic carbocycles. The van der Waals surface area contributed by atoms with Gasteiger partial charge in [-0.3, -0.25) is 0 Å². The molecule has 22 rings (SSSR count). The van der Waals surface area contributed by atoms with E-state index >= 15 is 0 Å². The number of benzene rings is 14. The Labute approximate surface area is 942 Å². The molecule has 14 aromatic carbocycles. The van der Waals surface area contributed by atoms with Gasteiger partial charge in [0.25, 0.3) is 7.79 Å². The van der Waals surface area contributed by atoms with Gasteiger partial charge in [0.05, 0.1) is 22.4 Å². The van der Waals surface area contributed by atoms with Crippen LogP contribution in [0.3, 0.4) is 0 Å². The minimum atomic E-state index is -0.355. The number of rotatable bonds is 6. The van der Waals surface area contributed by atoms with Crippen LogP contribution in [0.1, 0.15) is 55.4 Å². The maximum atomic E-state index is 5.97. The summed E-state index contributed by atoms with van der Waals surface area (Å²) in [5, 5.41) is 0. The number of fused-ring (bicyclic) bond motifs is 6. The zero-order valence-electron chi connectivity index (χ0n) is 75.5. The summed E-state index contributed by atoms with van der Waals surface area (Å²) in [5.74, 6) is 2.41. The maximum Gasteiger partial charge on any atom is 0.494 e. The number of para-hydroxylation sites is 12. The van der Waals surface area contributed by atoms with E-state index in [0.717, 1.165) is 166 Å². The van der Waals surface area contributed by atoms with Crippen molar-refractivity contribution in [3.63, 3.8) is 0 Å². The summed E-state index contributed by atoms with van der Waals surface area (Å²) in [7, 11) is -0.675. The average molecular weight is 2720 g/mol. The Kier molecular flexibility index (Phi) is 39.1. The SMILES string of the molecule is CC1(C)OB(c2ccc(Br)c(S)c2)OC1(C)C.CC1(C)OB(c2ccc(N)c(S)c2)OC1(C)C.Ic1nc2ccccc2o1.Ic1nc2ccccc2o1.Nc1ccc(-c2nc3ccccc3o2)cc1S.Nc1ccc(-c2nc3ccccc3o2)cc1S.Nc1ccc(I)cc1S.Sc1cc(-c2nc3ccccc3o2)ccc1Br.Sc1cc(-c2nc3ccccc3o2)ccc1Br.Sc1cc(I)ccc1Br. The van der Waals surface area contributed by atoms with Gasteiger partial charge in [0.1, 0.15) is 33.1 Å². The van der Waals surface area contributed by atoms with Crippen LogP contribution in [-0.4, -0.2) is 66.5 Å². The van der Waals surface area contributed by atoms with E-state index in [1.54, 1.807) is 12.1 Å². The van der Waals surface area contributed by atoms with Crippen LogP contribution in [0, 0.1) is 14.9 Å². The summed E-state index contributed by atoms with van der Waals surface area (Å²) in [5.41, 5.74) is 39.8. The summed E-state index contributed by atoms with van der Waals surface area (Å²) in [6, 6.07) is 92.2. The first-order valence-corrected chi connectivity index (χ1v) is 53.4. The highest BCUT2D eigenvalue weighted by molar-refractivity contribution is 14.1. The quantitative estimate of drug-likeness (QED) is 0.0319. The Bertz CT molecular complexity index is 6840. The van der Waals surface area contributed by atoms with Gasteiger partial charge in [0.15, 0.2) is 33.5 Å². The molecular weight excluding hydrogens is 2630 g/mol. The standard InChI is InChI=1S/2C13H8BrNOS.2C13H10N2OS.C12H16BBrO2S.C12H18BNO2S.2C7H4INO.C6H4BrIS.C6H6INS/c4*14-9-6-5-8(7-12(9)17)13-15-10-3-1-2-4-11(10)16-13;2*1-11(2)12(3,4)16-13(15-11)8-5-6-9(14)10(17)7-8;2*8-7-9-5-3-1-2-4-6(5)10-7;7-5-2-1-4(8)3-6(5)9;7-4-1-2-5(8)6(9)3-4/h2*1-7,17H;2*1-7,17H,14H2;5-7,17H,1-4H3;5-7,17H,14H2,1-4H3;2*1-4H;1-3,9H;1-3,9H,8H2. The monoisotopic (exact) mass is 2710 g/mol. The summed E-state index contributed by atoms with van der Waals surface area (Å²) < 4.78 is 64.7. The summed E-state index contributed by atoms with van der Waals surface area (Å²) in [6.45, 7) is 16.3. The Hall–Kier alpha value is -7.29. The average Bonchev–Trinajstić information content (AvgIpc) is 1.62. The van der Waals surface area contributed by atoms with Crippen LogP contribution in [0.4, 0.5) is 22.7 Å². The lowest BCUT2D eigenvalue weighted by Gasteiger charge is -2.32. The van der Waals surface area contributed by atoms with E-state index in [1.807, 2.05) is 334 Å². The van der Waals surface area contributed by atoms with E-state index in [0.29, 0.717) is 48.4 Å². The van der Waals surface area contributed by atoms with Gasteiger partial charge in [0.2, 0.25) is 23.6 Å². The minimum absolute atomic E-state index is 0.304. The minimum Gasteiger partial charge on any atom is -0.436 e. The summed E-state index contributed by atoms with van der Waals surface area (Å²) in [4.78, 5) is 32.6. The molecule has 0 unspecified atom stereocenters. The number of halogens is 8. The van der Waals surface area contributed by atoms with E-state index in [4.69, 9.17) is 68.1 Å². The van der Waals surface area contributed by atoms with Crippen molar-refractivity contribution in [3.05, 3.63) is 324 Å². The smallest absolute Gasteiger partial charge is 0.436 e. The molecule has 8 N–H and O–H groups in total. The van der Waals surface area contributed by atoms with E-state index in [2.05, 4.69) is 285 Å². The molecule has 0 bridgehead atoms. The summed E-state index contributed by atoms with van der Waals surface area (Å²) in [6.07, 6.45) is 0. The normalized spacial score (nSPS) is 13.3. The first-order valence-electron chi connectivity index (χ1n) is 42.3. The topological polar surface area (TPSA) is 297 Å². The fourth-order valence-electron chi connectivity index (χ4n) is 12.7. The van der Waals surface area contributed by atoms with Gasteiger partial charge in [-0.25, -0.2) is 29.9 Å². The van der Waals surface area contributed by atoms with Gasteiger partial charge >= 0.3 is 14.2 Å². The zero-order valence-corrected chi connectivity index (χ0v) is 97.7. The first kappa shape index (κ1) is 110. The van der Waals surface area contributed by atoms with E-state index in [1.165, 1.54) is 3.57 Å². The fraction of sp³-hybridized carbons (Fsp3) is 0.118. The van der Waals surface area contributed by atoms with Crippen LogP contribution in [0.25, 0.3) is 112 Å². The molecule has 0 atom stereocenters. The fourth-order valence-corrected chi connectivity index (χ4v) is 17.8. The van der Waals surface area contributed by atoms with Crippen LogP contribution in [0.15, 0.2) is 375 Å². The van der Waals surface area contributed by atoms with Gasteiger partial charge in [0, 0.05) is 154 Å². The largest absolute Gasteiger partial charge is 0.494 e. The van der Waals surface area contributed by atoms with E-state index in [9.17, 15) is 0 Å². The molecule has 140 heavy (non-hydrogen) atoms. The Balaban J connectivity index is 0.000000132. The molecule has 0 amide bonds. The number of hydrogen-bond acceptors (Lipinski definition) is 28. The molecule has 0 radical (unpaired) electrons.